The minimum atomic E-state index is -0.284. The third-order valence-corrected chi connectivity index (χ3v) is 6.01. The molecular formula is C20H33N3O4. The van der Waals surface area contributed by atoms with Crippen LogP contribution in [0.2, 0.25) is 0 Å². The van der Waals surface area contributed by atoms with E-state index in [2.05, 4.69) is 18.9 Å². The maximum Gasteiger partial charge on any atom is 0.272 e. The second-order valence-corrected chi connectivity index (χ2v) is 8.27. The van der Waals surface area contributed by atoms with Gasteiger partial charge in [0.25, 0.3) is 5.91 Å². The van der Waals surface area contributed by atoms with Gasteiger partial charge >= 0.3 is 0 Å². The van der Waals surface area contributed by atoms with E-state index in [1.807, 2.05) is 18.0 Å². The zero-order valence-corrected chi connectivity index (χ0v) is 17.0. The highest BCUT2D eigenvalue weighted by Gasteiger charge is 2.53. The normalized spacial score (nSPS) is 28.0. The molecule has 1 aliphatic carbocycles. The van der Waals surface area contributed by atoms with Crippen LogP contribution in [0.15, 0.2) is 6.07 Å². The summed E-state index contributed by atoms with van der Waals surface area (Å²) in [6.07, 6.45) is 4.29. The number of ether oxygens (including phenoxy) is 2. The Balaban J connectivity index is 1.79. The van der Waals surface area contributed by atoms with Gasteiger partial charge < -0.3 is 19.5 Å². The minimum absolute atomic E-state index is 0.00380. The second-order valence-electron chi connectivity index (χ2n) is 8.27. The van der Waals surface area contributed by atoms with Crippen LogP contribution in [0.5, 0.6) is 0 Å². The number of aryl methyl sites for hydroxylation is 1. The molecule has 0 radical (unpaired) electrons. The van der Waals surface area contributed by atoms with Gasteiger partial charge in [-0.15, -0.1) is 0 Å². The van der Waals surface area contributed by atoms with Crippen molar-refractivity contribution in [3.8, 4) is 0 Å². The van der Waals surface area contributed by atoms with Crippen molar-refractivity contribution < 1.29 is 19.4 Å². The van der Waals surface area contributed by atoms with E-state index in [1.54, 1.807) is 11.8 Å². The Bertz CT molecular complexity index is 660. The van der Waals surface area contributed by atoms with Crippen LogP contribution in [0, 0.1) is 5.92 Å². The molecule has 1 aromatic heterocycles. The number of aliphatic hydroxyl groups is 1. The molecule has 27 heavy (non-hydrogen) atoms. The van der Waals surface area contributed by atoms with Gasteiger partial charge in [-0.05, 0) is 44.1 Å². The standard InChI is InChI=1S/C20H33N3O4/c1-14(2)11-15-12-17(22(3)21-15)19(25)23-8-7-20(26-4)6-5-16(13-18(20)23)27-10-9-24/h12,14,16,18,24H,5-11,13H2,1-4H3/t16-,18-,20+/m0/s1. The first-order valence-electron chi connectivity index (χ1n) is 10.0. The first kappa shape index (κ1) is 20.3. The summed E-state index contributed by atoms with van der Waals surface area (Å²) in [6.45, 7) is 5.35. The van der Waals surface area contributed by atoms with Gasteiger partial charge in [0.15, 0.2) is 0 Å². The van der Waals surface area contributed by atoms with Crippen molar-refractivity contribution in [2.24, 2.45) is 13.0 Å². The van der Waals surface area contributed by atoms with Crippen LogP contribution in [0.3, 0.4) is 0 Å². The van der Waals surface area contributed by atoms with E-state index in [-0.39, 0.29) is 30.3 Å². The Morgan fingerprint density at radius 3 is 2.89 bits per heavy atom. The molecule has 0 bridgehead atoms. The van der Waals surface area contributed by atoms with E-state index in [4.69, 9.17) is 14.6 Å². The van der Waals surface area contributed by atoms with Crippen molar-refractivity contribution in [3.63, 3.8) is 0 Å². The zero-order chi connectivity index (χ0) is 19.6. The van der Waals surface area contributed by atoms with Gasteiger partial charge in [0.1, 0.15) is 5.69 Å². The topological polar surface area (TPSA) is 76.8 Å². The average Bonchev–Trinajstić information content (AvgIpc) is 3.19. The van der Waals surface area contributed by atoms with Crippen molar-refractivity contribution in [2.75, 3.05) is 26.9 Å². The lowest BCUT2D eigenvalue weighted by atomic mass is 9.79. The Morgan fingerprint density at radius 1 is 1.44 bits per heavy atom. The quantitative estimate of drug-likeness (QED) is 0.781. The predicted molar refractivity (Wildman–Crippen MR) is 102 cm³/mol. The summed E-state index contributed by atoms with van der Waals surface area (Å²) in [7, 11) is 3.59. The van der Waals surface area contributed by atoms with Gasteiger partial charge in [-0.25, -0.2) is 0 Å². The number of methoxy groups -OCH3 is 1. The lowest BCUT2D eigenvalue weighted by Crippen LogP contribution is -2.53. The van der Waals surface area contributed by atoms with Crippen molar-refractivity contribution >= 4 is 5.91 Å². The number of hydrogen-bond donors (Lipinski definition) is 1. The Labute approximate surface area is 161 Å². The second kappa shape index (κ2) is 8.29. The SMILES string of the molecule is CO[C@@]12CC[C@H](OCCO)C[C@@H]1N(C(=O)c1cc(CC(C)C)nn1C)CC2. The van der Waals surface area contributed by atoms with Crippen molar-refractivity contribution in [1.82, 2.24) is 14.7 Å². The van der Waals surface area contributed by atoms with Crippen LogP contribution in [-0.4, -0.2) is 70.3 Å². The minimum Gasteiger partial charge on any atom is -0.394 e. The van der Waals surface area contributed by atoms with Crippen LogP contribution in [0.1, 0.15) is 55.7 Å². The highest BCUT2D eigenvalue weighted by molar-refractivity contribution is 5.93. The average molecular weight is 380 g/mol. The molecule has 1 aliphatic heterocycles. The fourth-order valence-corrected chi connectivity index (χ4v) is 4.67. The van der Waals surface area contributed by atoms with Gasteiger partial charge in [-0.2, -0.15) is 5.10 Å². The van der Waals surface area contributed by atoms with E-state index in [0.29, 0.717) is 24.8 Å². The number of nitrogens with zero attached hydrogens (tertiary/aromatic N) is 3. The number of carbonyl (C=O) groups excluding carboxylic acids is 1. The Hall–Kier alpha value is -1.44. The molecule has 2 fully saturated rings. The van der Waals surface area contributed by atoms with Crippen molar-refractivity contribution in [1.29, 1.82) is 0 Å². The molecule has 0 aromatic carbocycles. The molecule has 7 nitrogen and oxygen atoms in total. The van der Waals surface area contributed by atoms with Crippen LogP contribution in [0.4, 0.5) is 0 Å². The molecule has 3 atom stereocenters. The molecule has 2 aliphatic rings. The number of hydrogen-bond acceptors (Lipinski definition) is 5. The maximum atomic E-state index is 13.3. The summed E-state index contributed by atoms with van der Waals surface area (Å²) in [5.74, 6) is 0.519. The van der Waals surface area contributed by atoms with Gasteiger partial charge in [0.2, 0.25) is 0 Å². The summed E-state index contributed by atoms with van der Waals surface area (Å²) in [5, 5.41) is 13.6. The summed E-state index contributed by atoms with van der Waals surface area (Å²) >= 11 is 0. The summed E-state index contributed by atoms with van der Waals surface area (Å²) in [4.78, 5) is 15.3. The highest BCUT2D eigenvalue weighted by Crippen LogP contribution is 2.43. The fraction of sp³-hybridized carbons (Fsp3) is 0.800. The summed E-state index contributed by atoms with van der Waals surface area (Å²) in [5.41, 5.74) is 1.31. The van der Waals surface area contributed by atoms with E-state index >= 15 is 0 Å². The number of likely N-dealkylation sites (tertiary alicyclic amines) is 1. The Morgan fingerprint density at radius 2 is 2.22 bits per heavy atom. The van der Waals surface area contributed by atoms with Crippen LogP contribution < -0.4 is 0 Å². The number of amides is 1. The van der Waals surface area contributed by atoms with E-state index < -0.39 is 0 Å². The molecule has 7 heteroatoms. The summed E-state index contributed by atoms with van der Waals surface area (Å²) < 4.78 is 13.4. The third-order valence-electron chi connectivity index (χ3n) is 6.01. The van der Waals surface area contributed by atoms with Crippen LogP contribution >= 0.6 is 0 Å². The predicted octanol–water partition coefficient (Wildman–Crippen LogP) is 1.78. The van der Waals surface area contributed by atoms with Crippen LogP contribution in [-0.2, 0) is 22.9 Å². The molecule has 1 saturated heterocycles. The van der Waals surface area contributed by atoms with Crippen molar-refractivity contribution in [2.45, 2.75) is 63.7 Å². The highest BCUT2D eigenvalue weighted by atomic mass is 16.5. The van der Waals surface area contributed by atoms with Gasteiger partial charge in [-0.1, -0.05) is 13.8 Å². The first-order chi connectivity index (χ1) is 12.9. The monoisotopic (exact) mass is 379 g/mol. The number of carbonyl (C=O) groups is 1. The zero-order valence-electron chi connectivity index (χ0n) is 17.0. The Kier molecular flexibility index (Phi) is 6.23. The van der Waals surface area contributed by atoms with Gasteiger partial charge in [0, 0.05) is 20.7 Å². The first-order valence-corrected chi connectivity index (χ1v) is 10.0. The largest absolute Gasteiger partial charge is 0.394 e. The molecule has 1 amide bonds. The molecule has 152 valence electrons. The summed E-state index contributed by atoms with van der Waals surface area (Å²) in [6, 6.07) is 1.92. The third kappa shape index (κ3) is 4.05. The molecular weight excluding hydrogens is 346 g/mol. The molecule has 1 saturated carbocycles. The molecule has 0 spiro atoms. The van der Waals surface area contributed by atoms with E-state index in [0.717, 1.165) is 37.8 Å². The molecule has 2 heterocycles. The lowest BCUT2D eigenvalue weighted by Gasteiger charge is -2.43. The van der Waals surface area contributed by atoms with Crippen molar-refractivity contribution in [3.05, 3.63) is 17.5 Å². The fourth-order valence-electron chi connectivity index (χ4n) is 4.67. The van der Waals surface area contributed by atoms with E-state index in [9.17, 15) is 4.79 Å². The molecule has 3 rings (SSSR count). The lowest BCUT2D eigenvalue weighted by molar-refractivity contribution is -0.0992. The molecule has 1 aromatic rings. The number of aromatic nitrogens is 2. The number of fused-ring (bicyclic) bond motifs is 1. The molecule has 1 N–H and O–H groups in total. The molecule has 0 unspecified atom stereocenters. The van der Waals surface area contributed by atoms with Gasteiger partial charge in [0.05, 0.1) is 36.7 Å². The number of aliphatic hydroxyl groups excluding tert-OH is 1. The van der Waals surface area contributed by atoms with E-state index in [1.165, 1.54) is 0 Å². The number of rotatable bonds is 7. The van der Waals surface area contributed by atoms with Crippen LogP contribution in [0.25, 0.3) is 0 Å². The maximum absolute atomic E-state index is 13.3. The smallest absolute Gasteiger partial charge is 0.272 e. The van der Waals surface area contributed by atoms with Gasteiger partial charge in [-0.3, -0.25) is 9.48 Å².